The molecule has 0 aliphatic carbocycles. The highest BCUT2D eigenvalue weighted by atomic mass is 16.6. The molecule has 88 valence electrons. The predicted octanol–water partition coefficient (Wildman–Crippen LogP) is 0.933. The number of hydrazine groups is 1. The Morgan fingerprint density at radius 2 is 1.82 bits per heavy atom. The first-order valence-electron chi connectivity index (χ1n) is 4.94. The molecule has 1 aromatic carbocycles. The molecule has 6 heteroatoms. The van der Waals surface area contributed by atoms with Gasteiger partial charge in [-0.1, -0.05) is 18.2 Å². The average molecular weight is 234 g/mol. The Morgan fingerprint density at radius 3 is 2.41 bits per heavy atom. The summed E-state index contributed by atoms with van der Waals surface area (Å²) < 4.78 is 4.48. The van der Waals surface area contributed by atoms with Crippen LogP contribution in [0.1, 0.15) is 6.42 Å². The zero-order valence-corrected chi connectivity index (χ0v) is 9.12. The molecule has 2 rings (SSSR count). The quantitative estimate of drug-likeness (QED) is 0.678. The molecule has 0 atom stereocenters. The number of nitrogens with zero attached hydrogens (tertiary/aromatic N) is 2. The van der Waals surface area contributed by atoms with Crippen molar-refractivity contribution < 1.29 is 19.1 Å². The Bertz CT molecular complexity index is 472. The molecule has 0 spiro atoms. The Balaban J connectivity index is 2.39. The van der Waals surface area contributed by atoms with Crippen molar-refractivity contribution in [3.05, 3.63) is 30.3 Å². The van der Waals surface area contributed by atoms with Crippen LogP contribution in [0, 0.1) is 0 Å². The topological polar surface area (TPSA) is 66.9 Å². The number of imide groups is 1. The molecule has 0 radical (unpaired) electrons. The molecular formula is C11H10N2O4. The van der Waals surface area contributed by atoms with Crippen LogP contribution in [0.3, 0.4) is 0 Å². The highest BCUT2D eigenvalue weighted by molar-refractivity contribution is 6.16. The van der Waals surface area contributed by atoms with Crippen LogP contribution in [0.5, 0.6) is 0 Å². The fourth-order valence-corrected chi connectivity index (χ4v) is 1.60. The first-order valence-corrected chi connectivity index (χ1v) is 4.94. The van der Waals surface area contributed by atoms with E-state index in [0.29, 0.717) is 10.7 Å². The van der Waals surface area contributed by atoms with Gasteiger partial charge in [0.05, 0.1) is 12.8 Å². The van der Waals surface area contributed by atoms with E-state index in [4.69, 9.17) is 0 Å². The second-order valence-electron chi connectivity index (χ2n) is 3.39. The second-order valence-corrected chi connectivity index (χ2v) is 3.39. The molecule has 1 aromatic rings. The summed E-state index contributed by atoms with van der Waals surface area (Å²) in [4.78, 5) is 34.6. The van der Waals surface area contributed by atoms with Crippen molar-refractivity contribution in [2.24, 2.45) is 0 Å². The monoisotopic (exact) mass is 234 g/mol. The third kappa shape index (κ3) is 1.84. The minimum Gasteiger partial charge on any atom is -0.451 e. The number of amides is 3. The van der Waals surface area contributed by atoms with Crippen molar-refractivity contribution in [3.63, 3.8) is 0 Å². The van der Waals surface area contributed by atoms with E-state index in [-0.39, 0.29) is 6.42 Å². The smallest absolute Gasteiger partial charge is 0.436 e. The maximum Gasteiger partial charge on any atom is 0.436 e. The highest BCUT2D eigenvalue weighted by Gasteiger charge is 2.41. The third-order valence-corrected chi connectivity index (χ3v) is 2.32. The van der Waals surface area contributed by atoms with Gasteiger partial charge in [-0.25, -0.2) is 9.80 Å². The molecule has 1 aliphatic rings. The van der Waals surface area contributed by atoms with E-state index in [0.717, 1.165) is 12.1 Å². The predicted molar refractivity (Wildman–Crippen MR) is 57.8 cm³/mol. The maximum atomic E-state index is 11.7. The van der Waals surface area contributed by atoms with Gasteiger partial charge in [0.25, 0.3) is 11.8 Å². The van der Waals surface area contributed by atoms with Crippen LogP contribution in [0.25, 0.3) is 0 Å². The van der Waals surface area contributed by atoms with Crippen molar-refractivity contribution in [2.45, 2.75) is 6.42 Å². The largest absolute Gasteiger partial charge is 0.451 e. The summed E-state index contributed by atoms with van der Waals surface area (Å²) in [5.41, 5.74) is 0.453. The van der Waals surface area contributed by atoms with Gasteiger partial charge in [-0.2, -0.15) is 0 Å². The van der Waals surface area contributed by atoms with Crippen molar-refractivity contribution in [1.82, 2.24) is 5.01 Å². The van der Waals surface area contributed by atoms with Crippen LogP contribution in [0.2, 0.25) is 0 Å². The van der Waals surface area contributed by atoms with Crippen LogP contribution in [0.15, 0.2) is 30.3 Å². The summed E-state index contributed by atoms with van der Waals surface area (Å²) in [5.74, 6) is -1.04. The van der Waals surface area contributed by atoms with Crippen molar-refractivity contribution in [3.8, 4) is 0 Å². The van der Waals surface area contributed by atoms with E-state index in [1.54, 1.807) is 30.3 Å². The maximum absolute atomic E-state index is 11.7. The molecule has 0 aromatic heterocycles. The van der Waals surface area contributed by atoms with Gasteiger partial charge in [-0.15, -0.1) is 5.01 Å². The molecule has 0 N–H and O–H groups in total. The van der Waals surface area contributed by atoms with E-state index in [2.05, 4.69) is 4.74 Å². The van der Waals surface area contributed by atoms with Crippen molar-refractivity contribution >= 4 is 23.6 Å². The summed E-state index contributed by atoms with van der Waals surface area (Å²) in [7, 11) is 1.15. The molecule has 1 fully saturated rings. The van der Waals surface area contributed by atoms with Crippen molar-refractivity contribution in [1.29, 1.82) is 0 Å². The summed E-state index contributed by atoms with van der Waals surface area (Å²) in [6.07, 6.45) is -1.20. The lowest BCUT2D eigenvalue weighted by molar-refractivity contribution is -0.126. The molecule has 6 nitrogen and oxygen atoms in total. The van der Waals surface area contributed by atoms with Crippen LogP contribution in [-0.4, -0.2) is 30.0 Å². The van der Waals surface area contributed by atoms with Gasteiger partial charge >= 0.3 is 6.09 Å². The van der Waals surface area contributed by atoms with E-state index < -0.39 is 17.9 Å². The fourth-order valence-electron chi connectivity index (χ4n) is 1.60. The normalized spacial score (nSPS) is 15.4. The lowest BCUT2D eigenvalue weighted by Crippen LogP contribution is -2.45. The molecule has 0 bridgehead atoms. The highest BCUT2D eigenvalue weighted by Crippen LogP contribution is 2.23. The number of para-hydroxylation sites is 1. The number of methoxy groups -OCH3 is 1. The number of ether oxygens (including phenoxy) is 1. The minimum atomic E-state index is -0.871. The molecule has 0 saturated carbocycles. The van der Waals surface area contributed by atoms with Crippen LogP contribution in [0.4, 0.5) is 10.5 Å². The molecule has 17 heavy (non-hydrogen) atoms. The first-order chi connectivity index (χ1) is 8.15. The van der Waals surface area contributed by atoms with Crippen LogP contribution < -0.4 is 5.01 Å². The summed E-state index contributed by atoms with van der Waals surface area (Å²) in [6, 6.07) is 8.45. The zero-order valence-electron chi connectivity index (χ0n) is 9.12. The number of carbonyl (C=O) groups excluding carboxylic acids is 3. The van der Waals surface area contributed by atoms with Crippen LogP contribution in [-0.2, 0) is 14.3 Å². The molecule has 0 unspecified atom stereocenters. The Morgan fingerprint density at radius 1 is 1.18 bits per heavy atom. The number of hydrogen-bond acceptors (Lipinski definition) is 4. The van der Waals surface area contributed by atoms with Gasteiger partial charge in [-0.05, 0) is 12.1 Å². The standard InChI is InChI=1S/C11H10N2O4/c1-17-11(16)13-10(15)7-9(14)12(13)8-5-3-2-4-6-8/h2-6H,7H2,1H3. The lowest BCUT2D eigenvalue weighted by Gasteiger charge is -2.24. The zero-order chi connectivity index (χ0) is 12.4. The van der Waals surface area contributed by atoms with Gasteiger partial charge in [0, 0.05) is 0 Å². The van der Waals surface area contributed by atoms with Gasteiger partial charge in [0.1, 0.15) is 6.42 Å². The number of benzene rings is 1. The third-order valence-electron chi connectivity index (χ3n) is 2.32. The Kier molecular flexibility index (Phi) is 2.78. The Hall–Kier alpha value is -2.37. The number of carbonyl (C=O) groups is 3. The molecule has 3 amide bonds. The number of rotatable bonds is 1. The second kappa shape index (κ2) is 4.25. The molecular weight excluding hydrogens is 224 g/mol. The first kappa shape index (κ1) is 11.1. The van der Waals surface area contributed by atoms with E-state index in [1.807, 2.05) is 0 Å². The summed E-state index contributed by atoms with van der Waals surface area (Å²) in [6.45, 7) is 0. The fraction of sp³-hybridized carbons (Fsp3) is 0.182. The van der Waals surface area contributed by atoms with Crippen LogP contribution >= 0.6 is 0 Å². The van der Waals surface area contributed by atoms with E-state index >= 15 is 0 Å². The Labute approximate surface area is 97.3 Å². The SMILES string of the molecule is COC(=O)N1C(=O)CC(=O)N1c1ccccc1. The lowest BCUT2D eigenvalue weighted by atomic mass is 10.3. The van der Waals surface area contributed by atoms with Gasteiger partial charge < -0.3 is 4.74 Å². The van der Waals surface area contributed by atoms with Gasteiger partial charge in [-0.3, -0.25) is 9.59 Å². The van der Waals surface area contributed by atoms with E-state index in [9.17, 15) is 14.4 Å². The molecule has 1 heterocycles. The van der Waals surface area contributed by atoms with Crippen molar-refractivity contribution in [2.75, 3.05) is 12.1 Å². The summed E-state index contributed by atoms with van der Waals surface area (Å²) in [5, 5.41) is 1.73. The minimum absolute atomic E-state index is 0.329. The molecule has 1 saturated heterocycles. The van der Waals surface area contributed by atoms with Gasteiger partial charge in [0.15, 0.2) is 0 Å². The number of hydrogen-bond donors (Lipinski definition) is 0. The number of anilines is 1. The van der Waals surface area contributed by atoms with E-state index in [1.165, 1.54) is 0 Å². The molecule has 1 aliphatic heterocycles. The summed E-state index contributed by atoms with van der Waals surface area (Å²) >= 11 is 0. The average Bonchev–Trinajstić information content (AvgIpc) is 2.64. The van der Waals surface area contributed by atoms with Gasteiger partial charge in [0.2, 0.25) is 0 Å².